The number of carbonyl (C=O) groups is 2. The quantitative estimate of drug-likeness (QED) is 0.658. The first-order valence-corrected chi connectivity index (χ1v) is 7.59. The standard InChI is InChI=1S/C19H20O4/c1-2-17(20)23-18(21)19(22,13-15-9-5-3-6-10-15)14-16-11-7-4-8-12-16/h3-12,22H,2,13-14H2,1H3. The average molecular weight is 312 g/mol. The molecule has 2 aromatic rings. The van der Waals surface area contributed by atoms with Gasteiger partial charge in [0.25, 0.3) is 0 Å². The normalized spacial score (nSPS) is 11.0. The van der Waals surface area contributed by atoms with Crippen LogP contribution in [0.4, 0.5) is 0 Å². The van der Waals surface area contributed by atoms with E-state index in [1.165, 1.54) is 0 Å². The number of hydrogen-bond acceptors (Lipinski definition) is 4. The molecule has 23 heavy (non-hydrogen) atoms. The van der Waals surface area contributed by atoms with Gasteiger partial charge in [-0.1, -0.05) is 67.6 Å². The van der Waals surface area contributed by atoms with E-state index in [-0.39, 0.29) is 19.3 Å². The van der Waals surface area contributed by atoms with E-state index >= 15 is 0 Å². The molecular weight excluding hydrogens is 292 g/mol. The second-order valence-electron chi connectivity index (χ2n) is 5.47. The lowest BCUT2D eigenvalue weighted by atomic mass is 9.88. The van der Waals surface area contributed by atoms with Crippen molar-refractivity contribution in [1.82, 2.24) is 0 Å². The van der Waals surface area contributed by atoms with Crippen LogP contribution in [0.2, 0.25) is 0 Å². The molecule has 0 aliphatic carbocycles. The predicted octanol–water partition coefficient (Wildman–Crippen LogP) is 2.68. The van der Waals surface area contributed by atoms with Gasteiger partial charge < -0.3 is 9.84 Å². The highest BCUT2D eigenvalue weighted by Gasteiger charge is 2.39. The Morgan fingerprint density at radius 2 is 1.35 bits per heavy atom. The van der Waals surface area contributed by atoms with Crippen molar-refractivity contribution in [2.45, 2.75) is 31.8 Å². The minimum Gasteiger partial charge on any atom is -0.391 e. The number of rotatable bonds is 6. The van der Waals surface area contributed by atoms with Gasteiger partial charge in [-0.3, -0.25) is 4.79 Å². The zero-order valence-corrected chi connectivity index (χ0v) is 13.1. The molecule has 0 radical (unpaired) electrons. The summed E-state index contributed by atoms with van der Waals surface area (Å²) in [6.45, 7) is 1.60. The van der Waals surface area contributed by atoms with Gasteiger partial charge in [0.2, 0.25) is 0 Å². The lowest BCUT2D eigenvalue weighted by molar-refractivity contribution is -0.174. The molecule has 0 aliphatic heterocycles. The molecule has 0 aliphatic rings. The van der Waals surface area contributed by atoms with Gasteiger partial charge in [0.15, 0.2) is 5.60 Å². The fourth-order valence-electron chi connectivity index (χ4n) is 2.34. The summed E-state index contributed by atoms with van der Waals surface area (Å²) in [5.41, 5.74) is -0.188. The van der Waals surface area contributed by atoms with Gasteiger partial charge in [-0.25, -0.2) is 4.79 Å². The Morgan fingerprint density at radius 1 is 0.913 bits per heavy atom. The highest BCUT2D eigenvalue weighted by molar-refractivity contribution is 5.90. The second-order valence-corrected chi connectivity index (χ2v) is 5.47. The summed E-state index contributed by atoms with van der Waals surface area (Å²) in [5.74, 6) is -1.55. The minimum absolute atomic E-state index is 0.0818. The first-order chi connectivity index (χ1) is 11.0. The Labute approximate surface area is 135 Å². The van der Waals surface area contributed by atoms with Crippen LogP contribution in [0, 0.1) is 0 Å². The van der Waals surface area contributed by atoms with Crippen molar-refractivity contribution in [3.8, 4) is 0 Å². The van der Waals surface area contributed by atoms with E-state index in [0.717, 1.165) is 11.1 Å². The van der Waals surface area contributed by atoms with E-state index in [4.69, 9.17) is 4.74 Å². The minimum atomic E-state index is -1.78. The van der Waals surface area contributed by atoms with E-state index in [0.29, 0.717) is 0 Å². The zero-order chi connectivity index (χ0) is 16.7. The number of ether oxygens (including phenoxy) is 1. The van der Waals surface area contributed by atoms with Gasteiger partial charge in [0.1, 0.15) is 0 Å². The lowest BCUT2D eigenvalue weighted by Gasteiger charge is -2.25. The van der Waals surface area contributed by atoms with E-state index in [1.54, 1.807) is 6.92 Å². The van der Waals surface area contributed by atoms with Crippen LogP contribution in [0.1, 0.15) is 24.5 Å². The van der Waals surface area contributed by atoms with Gasteiger partial charge in [-0.15, -0.1) is 0 Å². The molecule has 0 saturated carbocycles. The summed E-state index contributed by atoms with van der Waals surface area (Å²) in [7, 11) is 0. The van der Waals surface area contributed by atoms with Gasteiger partial charge >= 0.3 is 11.9 Å². The SMILES string of the molecule is CCC(=O)OC(=O)C(O)(Cc1ccccc1)Cc1ccccc1. The number of benzene rings is 2. The van der Waals surface area contributed by atoms with Crippen molar-refractivity contribution in [2.24, 2.45) is 0 Å². The van der Waals surface area contributed by atoms with E-state index in [1.807, 2.05) is 60.7 Å². The smallest absolute Gasteiger partial charge is 0.346 e. The number of carbonyl (C=O) groups excluding carboxylic acids is 2. The molecule has 0 heterocycles. The summed E-state index contributed by atoms with van der Waals surface area (Å²) < 4.78 is 4.78. The molecular formula is C19H20O4. The molecule has 2 rings (SSSR count). The maximum Gasteiger partial charge on any atom is 0.346 e. The average Bonchev–Trinajstić information content (AvgIpc) is 2.56. The van der Waals surface area contributed by atoms with Crippen molar-refractivity contribution in [3.63, 3.8) is 0 Å². The molecule has 0 aromatic heterocycles. The second kappa shape index (κ2) is 7.70. The molecule has 0 fully saturated rings. The zero-order valence-electron chi connectivity index (χ0n) is 13.1. The molecule has 0 bridgehead atoms. The summed E-state index contributed by atoms with van der Waals surface area (Å²) >= 11 is 0. The van der Waals surface area contributed by atoms with Gasteiger partial charge in [0.05, 0.1) is 0 Å². The molecule has 0 spiro atoms. The Bertz CT molecular complexity index is 608. The van der Waals surface area contributed by atoms with E-state index in [2.05, 4.69) is 0 Å². The molecule has 0 atom stereocenters. The van der Waals surface area contributed by atoms with Gasteiger partial charge in [0, 0.05) is 19.3 Å². The van der Waals surface area contributed by atoms with Gasteiger partial charge in [-0.2, -0.15) is 0 Å². The molecule has 2 aromatic carbocycles. The third kappa shape index (κ3) is 4.76. The van der Waals surface area contributed by atoms with E-state index in [9.17, 15) is 14.7 Å². The first-order valence-electron chi connectivity index (χ1n) is 7.59. The van der Waals surface area contributed by atoms with Crippen LogP contribution >= 0.6 is 0 Å². The predicted molar refractivity (Wildman–Crippen MR) is 86.6 cm³/mol. The topological polar surface area (TPSA) is 63.6 Å². The van der Waals surface area contributed by atoms with Crippen molar-refractivity contribution in [2.75, 3.05) is 0 Å². The first kappa shape index (κ1) is 16.9. The third-order valence-corrected chi connectivity index (χ3v) is 3.55. The monoisotopic (exact) mass is 312 g/mol. The van der Waals surface area contributed by atoms with Gasteiger partial charge in [-0.05, 0) is 11.1 Å². The van der Waals surface area contributed by atoms with Crippen LogP contribution in [0.5, 0.6) is 0 Å². The molecule has 0 unspecified atom stereocenters. The van der Waals surface area contributed by atoms with E-state index < -0.39 is 17.5 Å². The molecule has 4 heteroatoms. The Kier molecular flexibility index (Phi) is 5.66. The molecule has 0 amide bonds. The molecule has 0 saturated heterocycles. The fraction of sp³-hybridized carbons (Fsp3) is 0.263. The Balaban J connectivity index is 2.25. The summed E-state index contributed by atoms with van der Waals surface area (Å²) in [4.78, 5) is 23.8. The fourth-order valence-corrected chi connectivity index (χ4v) is 2.34. The van der Waals surface area contributed by atoms with Crippen molar-refractivity contribution in [1.29, 1.82) is 0 Å². The summed E-state index contributed by atoms with van der Waals surface area (Å²) in [6.07, 6.45) is 0.246. The van der Waals surface area contributed by atoms with Crippen LogP contribution < -0.4 is 0 Å². The van der Waals surface area contributed by atoms with Crippen LogP contribution in [0.25, 0.3) is 0 Å². The van der Waals surface area contributed by atoms with Crippen molar-refractivity contribution in [3.05, 3.63) is 71.8 Å². The lowest BCUT2D eigenvalue weighted by Crippen LogP contribution is -2.45. The highest BCUT2D eigenvalue weighted by Crippen LogP contribution is 2.21. The van der Waals surface area contributed by atoms with Crippen LogP contribution in [-0.2, 0) is 27.2 Å². The third-order valence-electron chi connectivity index (χ3n) is 3.55. The largest absolute Gasteiger partial charge is 0.391 e. The maximum atomic E-state index is 12.3. The molecule has 4 nitrogen and oxygen atoms in total. The Hall–Kier alpha value is -2.46. The van der Waals surface area contributed by atoms with Crippen LogP contribution in [0.15, 0.2) is 60.7 Å². The van der Waals surface area contributed by atoms with Crippen molar-refractivity contribution < 1.29 is 19.4 Å². The maximum absolute atomic E-state index is 12.3. The molecule has 120 valence electrons. The van der Waals surface area contributed by atoms with Crippen molar-refractivity contribution >= 4 is 11.9 Å². The molecule has 1 N–H and O–H groups in total. The summed E-state index contributed by atoms with van der Waals surface area (Å²) in [6, 6.07) is 18.4. The summed E-state index contributed by atoms with van der Waals surface area (Å²) in [5, 5.41) is 10.9. The number of esters is 2. The number of aliphatic hydroxyl groups is 1. The highest BCUT2D eigenvalue weighted by atomic mass is 16.6. The Morgan fingerprint density at radius 3 is 1.74 bits per heavy atom. The number of hydrogen-bond donors (Lipinski definition) is 1. The van der Waals surface area contributed by atoms with Crippen LogP contribution in [0.3, 0.4) is 0 Å². The van der Waals surface area contributed by atoms with Crippen LogP contribution in [-0.4, -0.2) is 22.6 Å².